The van der Waals surface area contributed by atoms with Gasteiger partial charge in [0.15, 0.2) is 0 Å². The molecule has 2 aromatic carbocycles. The van der Waals surface area contributed by atoms with Gasteiger partial charge in [0, 0.05) is 42.8 Å². The SMILES string of the molecule is O=C1Nc2ccccc2S/C1=C\C(=O)N1CCN(c2ccccc2)CC1. The predicted octanol–water partition coefficient (Wildman–Crippen LogP) is 2.96. The summed E-state index contributed by atoms with van der Waals surface area (Å²) in [5.74, 6) is -0.320. The Bertz CT molecular complexity index is 858. The zero-order valence-electron chi connectivity index (χ0n) is 14.2. The lowest BCUT2D eigenvalue weighted by molar-refractivity contribution is -0.126. The molecule has 6 heteroatoms. The van der Waals surface area contributed by atoms with Crippen molar-refractivity contribution in [1.29, 1.82) is 0 Å². The number of amides is 2. The van der Waals surface area contributed by atoms with Gasteiger partial charge in [-0.25, -0.2) is 0 Å². The number of piperazine rings is 1. The van der Waals surface area contributed by atoms with Crippen molar-refractivity contribution in [1.82, 2.24) is 4.90 Å². The van der Waals surface area contributed by atoms with Gasteiger partial charge in [-0.3, -0.25) is 9.59 Å². The number of nitrogens with zero attached hydrogens (tertiary/aromatic N) is 2. The molecular formula is C20H19N3O2S. The highest BCUT2D eigenvalue weighted by Gasteiger charge is 2.24. The monoisotopic (exact) mass is 365 g/mol. The molecule has 0 aliphatic carbocycles. The molecule has 2 aromatic rings. The number of hydrogen-bond donors (Lipinski definition) is 1. The average Bonchev–Trinajstić information content (AvgIpc) is 2.69. The first kappa shape index (κ1) is 16.7. The Labute approximate surface area is 156 Å². The Hall–Kier alpha value is -2.73. The fourth-order valence-corrected chi connectivity index (χ4v) is 4.05. The molecule has 2 aliphatic rings. The van der Waals surface area contributed by atoms with Crippen LogP contribution in [0.25, 0.3) is 0 Å². The smallest absolute Gasteiger partial charge is 0.262 e. The number of rotatable bonds is 2. The van der Waals surface area contributed by atoms with Gasteiger partial charge in [0.25, 0.3) is 5.91 Å². The molecule has 4 rings (SSSR count). The summed E-state index contributed by atoms with van der Waals surface area (Å²) in [4.78, 5) is 30.3. The molecule has 132 valence electrons. The van der Waals surface area contributed by atoms with Crippen LogP contribution >= 0.6 is 11.8 Å². The lowest BCUT2D eigenvalue weighted by Crippen LogP contribution is -2.48. The molecule has 26 heavy (non-hydrogen) atoms. The molecule has 0 bridgehead atoms. The summed E-state index contributed by atoms with van der Waals surface area (Å²) in [5, 5.41) is 2.84. The topological polar surface area (TPSA) is 52.7 Å². The van der Waals surface area contributed by atoms with E-state index in [-0.39, 0.29) is 11.8 Å². The lowest BCUT2D eigenvalue weighted by Gasteiger charge is -2.35. The average molecular weight is 365 g/mol. The third-order valence-electron chi connectivity index (χ3n) is 4.55. The summed E-state index contributed by atoms with van der Waals surface area (Å²) in [6.45, 7) is 2.89. The van der Waals surface area contributed by atoms with Crippen LogP contribution in [0.3, 0.4) is 0 Å². The fraction of sp³-hybridized carbons (Fsp3) is 0.200. The molecular weight excluding hydrogens is 346 g/mol. The van der Waals surface area contributed by atoms with Gasteiger partial charge < -0.3 is 15.1 Å². The number of nitrogens with one attached hydrogen (secondary N) is 1. The molecule has 0 unspecified atom stereocenters. The van der Waals surface area contributed by atoms with Crippen LogP contribution in [0, 0.1) is 0 Å². The van der Waals surface area contributed by atoms with Crippen LogP contribution in [0.4, 0.5) is 11.4 Å². The molecule has 0 radical (unpaired) electrons. The van der Waals surface area contributed by atoms with Gasteiger partial charge in [-0.05, 0) is 24.3 Å². The Balaban J connectivity index is 1.41. The van der Waals surface area contributed by atoms with Crippen molar-refractivity contribution >= 4 is 35.0 Å². The van der Waals surface area contributed by atoms with Gasteiger partial charge in [-0.15, -0.1) is 0 Å². The van der Waals surface area contributed by atoms with Crippen molar-refractivity contribution in [3.63, 3.8) is 0 Å². The second kappa shape index (κ2) is 7.25. The molecule has 0 spiro atoms. The highest BCUT2D eigenvalue weighted by Crippen LogP contribution is 2.37. The highest BCUT2D eigenvalue weighted by atomic mass is 32.2. The van der Waals surface area contributed by atoms with Crippen molar-refractivity contribution in [2.45, 2.75) is 4.90 Å². The van der Waals surface area contributed by atoms with Gasteiger partial charge in [0.1, 0.15) is 0 Å². The van der Waals surface area contributed by atoms with E-state index in [1.807, 2.05) is 42.5 Å². The van der Waals surface area contributed by atoms with E-state index in [2.05, 4.69) is 22.3 Å². The maximum absolute atomic E-state index is 12.6. The van der Waals surface area contributed by atoms with Crippen LogP contribution in [0.1, 0.15) is 0 Å². The van der Waals surface area contributed by atoms with Gasteiger partial charge in [0.05, 0.1) is 10.6 Å². The van der Waals surface area contributed by atoms with Crippen molar-refractivity contribution in [2.75, 3.05) is 36.4 Å². The van der Waals surface area contributed by atoms with Crippen molar-refractivity contribution in [3.8, 4) is 0 Å². The molecule has 2 aliphatic heterocycles. The number of carbonyl (C=O) groups is 2. The van der Waals surface area contributed by atoms with E-state index >= 15 is 0 Å². The van der Waals surface area contributed by atoms with Crippen LogP contribution in [0.5, 0.6) is 0 Å². The molecule has 5 nitrogen and oxygen atoms in total. The maximum Gasteiger partial charge on any atom is 0.262 e. The quantitative estimate of drug-likeness (QED) is 0.832. The lowest BCUT2D eigenvalue weighted by atomic mass is 10.2. The molecule has 0 atom stereocenters. The molecule has 0 saturated carbocycles. The van der Waals surface area contributed by atoms with Crippen LogP contribution in [0.2, 0.25) is 0 Å². The van der Waals surface area contributed by atoms with Gasteiger partial charge in [-0.2, -0.15) is 0 Å². The summed E-state index contributed by atoms with van der Waals surface area (Å²) in [6, 6.07) is 17.8. The first-order valence-corrected chi connectivity index (χ1v) is 9.41. The van der Waals surface area contributed by atoms with Crippen molar-refractivity contribution < 1.29 is 9.59 Å². The number of fused-ring (bicyclic) bond motifs is 1. The van der Waals surface area contributed by atoms with Crippen LogP contribution in [-0.2, 0) is 9.59 Å². The van der Waals surface area contributed by atoms with E-state index in [1.165, 1.54) is 23.5 Å². The van der Waals surface area contributed by atoms with Crippen LogP contribution in [-0.4, -0.2) is 42.9 Å². The molecule has 2 amide bonds. The number of para-hydroxylation sites is 2. The Morgan fingerprint density at radius 2 is 1.65 bits per heavy atom. The van der Waals surface area contributed by atoms with Crippen LogP contribution in [0.15, 0.2) is 70.5 Å². The number of benzene rings is 2. The molecule has 1 N–H and O–H groups in total. The van der Waals surface area contributed by atoms with Crippen molar-refractivity contribution in [2.24, 2.45) is 0 Å². The van der Waals surface area contributed by atoms with E-state index in [4.69, 9.17) is 0 Å². The van der Waals surface area contributed by atoms with E-state index in [0.29, 0.717) is 18.0 Å². The third-order valence-corrected chi connectivity index (χ3v) is 5.65. The molecule has 1 saturated heterocycles. The molecule has 0 aromatic heterocycles. The van der Waals surface area contributed by atoms with E-state index in [9.17, 15) is 9.59 Å². The Morgan fingerprint density at radius 3 is 2.42 bits per heavy atom. The van der Waals surface area contributed by atoms with E-state index in [1.54, 1.807) is 4.90 Å². The summed E-state index contributed by atoms with van der Waals surface area (Å²) >= 11 is 1.35. The van der Waals surface area contributed by atoms with E-state index in [0.717, 1.165) is 23.7 Å². The normalized spacial score (nSPS) is 18.5. The Kier molecular flexibility index (Phi) is 4.67. The molecule has 2 heterocycles. The summed E-state index contributed by atoms with van der Waals surface area (Å²) in [6.07, 6.45) is 1.47. The minimum Gasteiger partial charge on any atom is -0.368 e. The standard InChI is InChI=1S/C20H19N3O2S/c24-19(14-18-20(25)21-16-8-4-5-9-17(16)26-18)23-12-10-22(11-13-23)15-6-2-1-3-7-15/h1-9,14H,10-13H2,(H,21,25)/b18-14-. The summed E-state index contributed by atoms with van der Waals surface area (Å²) < 4.78 is 0. The summed E-state index contributed by atoms with van der Waals surface area (Å²) in [7, 11) is 0. The number of anilines is 2. The third kappa shape index (κ3) is 3.46. The highest BCUT2D eigenvalue weighted by molar-refractivity contribution is 8.04. The van der Waals surface area contributed by atoms with Crippen LogP contribution < -0.4 is 10.2 Å². The Morgan fingerprint density at radius 1 is 0.962 bits per heavy atom. The number of thioether (sulfide) groups is 1. The maximum atomic E-state index is 12.6. The van der Waals surface area contributed by atoms with Gasteiger partial charge in [0.2, 0.25) is 5.91 Å². The van der Waals surface area contributed by atoms with Crippen molar-refractivity contribution in [3.05, 3.63) is 65.6 Å². The first-order chi connectivity index (χ1) is 12.7. The second-order valence-corrected chi connectivity index (χ2v) is 7.29. The van der Waals surface area contributed by atoms with Gasteiger partial charge in [-0.1, -0.05) is 42.1 Å². The summed E-state index contributed by atoms with van der Waals surface area (Å²) in [5.41, 5.74) is 1.97. The number of carbonyl (C=O) groups excluding carboxylic acids is 2. The minimum absolute atomic E-state index is 0.102. The van der Waals surface area contributed by atoms with Gasteiger partial charge >= 0.3 is 0 Å². The second-order valence-electron chi connectivity index (χ2n) is 6.21. The number of hydrogen-bond acceptors (Lipinski definition) is 4. The molecule has 1 fully saturated rings. The predicted molar refractivity (Wildman–Crippen MR) is 104 cm³/mol. The largest absolute Gasteiger partial charge is 0.368 e. The minimum atomic E-state index is -0.218. The zero-order valence-corrected chi connectivity index (χ0v) is 15.0. The van der Waals surface area contributed by atoms with E-state index < -0.39 is 0 Å². The first-order valence-electron chi connectivity index (χ1n) is 8.59. The zero-order chi connectivity index (χ0) is 17.9. The fourth-order valence-electron chi connectivity index (χ4n) is 3.13.